The van der Waals surface area contributed by atoms with Crippen molar-refractivity contribution in [3.05, 3.63) is 94.8 Å². The molecule has 0 atom stereocenters. The number of hydrogen-bond donors (Lipinski definition) is 0. The average Bonchev–Trinajstić information content (AvgIpc) is 3.11. The summed E-state index contributed by atoms with van der Waals surface area (Å²) in [4.78, 5) is 19.7. The second-order valence-electron chi connectivity index (χ2n) is 7.99. The van der Waals surface area contributed by atoms with E-state index in [1.807, 2.05) is 0 Å². The Kier molecular flexibility index (Phi) is 5.98. The van der Waals surface area contributed by atoms with Gasteiger partial charge in [0.15, 0.2) is 5.78 Å². The molecule has 2 aromatic carbocycles. The highest BCUT2D eigenvalue weighted by Gasteiger charge is 2.32. The Bertz CT molecular complexity index is 1200. The molecule has 1 aliphatic heterocycles. The topological polar surface area (TPSA) is 51.7 Å². The molecule has 0 N–H and O–H groups in total. The molecule has 168 valence electrons. The van der Waals surface area contributed by atoms with E-state index in [1.54, 1.807) is 42.7 Å². The molecule has 0 radical (unpaired) electrons. The van der Waals surface area contributed by atoms with E-state index in [0.29, 0.717) is 45.8 Å². The molecule has 0 saturated carbocycles. The predicted octanol–water partition coefficient (Wildman–Crippen LogP) is 4.23. The van der Waals surface area contributed by atoms with E-state index in [9.17, 15) is 13.6 Å². The Balaban J connectivity index is 1.52. The lowest BCUT2D eigenvalue weighted by atomic mass is 9.94. The molecule has 0 unspecified atom stereocenters. The van der Waals surface area contributed by atoms with Gasteiger partial charge in [-0.1, -0.05) is 6.07 Å². The molecule has 1 aromatic heterocycles. The highest BCUT2D eigenvalue weighted by Crippen LogP contribution is 2.43. The number of ether oxygens (including phenoxy) is 2. The van der Waals surface area contributed by atoms with E-state index in [0.717, 1.165) is 38.9 Å². The first kappa shape index (κ1) is 21.4. The van der Waals surface area contributed by atoms with Crippen LogP contribution in [0.15, 0.2) is 60.9 Å². The summed E-state index contributed by atoms with van der Waals surface area (Å²) in [5, 5.41) is 0. The third kappa shape index (κ3) is 4.42. The van der Waals surface area contributed by atoms with Crippen molar-refractivity contribution in [3.8, 4) is 5.75 Å². The minimum atomic E-state index is -0.707. The zero-order valence-corrected chi connectivity index (χ0v) is 17.9. The van der Waals surface area contributed by atoms with E-state index >= 15 is 0 Å². The molecule has 3 aromatic rings. The number of ketones is 1. The van der Waals surface area contributed by atoms with Crippen molar-refractivity contribution in [3.63, 3.8) is 0 Å². The normalized spacial score (nSPS) is 16.2. The van der Waals surface area contributed by atoms with Crippen LogP contribution < -0.4 is 4.74 Å². The van der Waals surface area contributed by atoms with Crippen molar-refractivity contribution in [2.45, 2.75) is 0 Å². The van der Waals surface area contributed by atoms with Gasteiger partial charge in [0.2, 0.25) is 0 Å². The van der Waals surface area contributed by atoms with Gasteiger partial charge in [0.1, 0.15) is 24.0 Å². The molecule has 2 aliphatic rings. The number of aromatic nitrogens is 1. The predicted molar refractivity (Wildman–Crippen MR) is 120 cm³/mol. The number of fused-ring (bicyclic) bond motifs is 1. The number of carbonyl (C=O) groups excluding carboxylic acids is 1. The Hall–Kier alpha value is -3.42. The standard InChI is InChI=1S/C26H22F2N2O3/c27-19-12-18(13-20(28)14-19)24-23-15-21(33-11-8-30-6-9-32-10-7-30)3-4-22(23)26(31)25(24)17-2-1-5-29-16-17/h1-5,12-16H,6-11H2. The molecule has 1 aliphatic carbocycles. The fourth-order valence-electron chi connectivity index (χ4n) is 4.30. The zero-order chi connectivity index (χ0) is 22.8. The number of allylic oxidation sites excluding steroid dienone is 1. The highest BCUT2D eigenvalue weighted by atomic mass is 19.1. The van der Waals surface area contributed by atoms with Crippen LogP contribution in [0.3, 0.4) is 0 Å². The van der Waals surface area contributed by atoms with Crippen LogP contribution in [0, 0.1) is 11.6 Å². The van der Waals surface area contributed by atoms with Gasteiger partial charge in [-0.05, 0) is 47.5 Å². The number of morpholine rings is 1. The molecule has 7 heteroatoms. The van der Waals surface area contributed by atoms with Crippen molar-refractivity contribution in [1.82, 2.24) is 9.88 Å². The minimum Gasteiger partial charge on any atom is -0.492 e. The molecular formula is C26H22F2N2O3. The quantitative estimate of drug-likeness (QED) is 0.565. The first-order valence-corrected chi connectivity index (χ1v) is 10.8. The zero-order valence-electron chi connectivity index (χ0n) is 17.9. The maximum absolute atomic E-state index is 14.1. The van der Waals surface area contributed by atoms with Gasteiger partial charge in [0.25, 0.3) is 0 Å². The van der Waals surface area contributed by atoms with Gasteiger partial charge in [-0.2, -0.15) is 0 Å². The van der Waals surface area contributed by atoms with E-state index in [2.05, 4.69) is 9.88 Å². The van der Waals surface area contributed by atoms with Crippen molar-refractivity contribution in [2.75, 3.05) is 39.5 Å². The Morgan fingerprint density at radius 3 is 2.45 bits per heavy atom. The van der Waals surface area contributed by atoms with Gasteiger partial charge < -0.3 is 9.47 Å². The molecule has 0 amide bonds. The van der Waals surface area contributed by atoms with Crippen molar-refractivity contribution in [1.29, 1.82) is 0 Å². The molecule has 0 spiro atoms. The fraction of sp³-hybridized carbons (Fsp3) is 0.231. The smallest absolute Gasteiger partial charge is 0.194 e. The van der Waals surface area contributed by atoms with Gasteiger partial charge in [-0.25, -0.2) is 8.78 Å². The lowest BCUT2D eigenvalue weighted by Gasteiger charge is -2.26. The highest BCUT2D eigenvalue weighted by molar-refractivity contribution is 6.41. The van der Waals surface area contributed by atoms with Crippen LogP contribution in [-0.4, -0.2) is 55.1 Å². The number of nitrogens with zero attached hydrogens (tertiary/aromatic N) is 2. The molecule has 2 heterocycles. The summed E-state index contributed by atoms with van der Waals surface area (Å²) in [7, 11) is 0. The maximum Gasteiger partial charge on any atom is 0.194 e. The van der Waals surface area contributed by atoms with Gasteiger partial charge in [-0.15, -0.1) is 0 Å². The van der Waals surface area contributed by atoms with Crippen LogP contribution in [0.2, 0.25) is 0 Å². The molecule has 5 nitrogen and oxygen atoms in total. The fourth-order valence-corrected chi connectivity index (χ4v) is 4.30. The van der Waals surface area contributed by atoms with Gasteiger partial charge in [0.05, 0.1) is 13.2 Å². The lowest BCUT2D eigenvalue weighted by molar-refractivity contribution is 0.0322. The summed E-state index contributed by atoms with van der Waals surface area (Å²) >= 11 is 0. The SMILES string of the molecule is O=C1C(c2cccnc2)=C(c2cc(F)cc(F)c2)c2cc(OCCN3CCOCC3)ccc21. The lowest BCUT2D eigenvalue weighted by Crippen LogP contribution is -2.38. The second kappa shape index (κ2) is 9.21. The Morgan fingerprint density at radius 2 is 1.73 bits per heavy atom. The molecule has 1 saturated heterocycles. The van der Waals surface area contributed by atoms with Crippen LogP contribution in [0.25, 0.3) is 11.1 Å². The number of hydrogen-bond acceptors (Lipinski definition) is 5. The Morgan fingerprint density at radius 1 is 0.939 bits per heavy atom. The number of benzene rings is 2. The average molecular weight is 448 g/mol. The van der Waals surface area contributed by atoms with Crippen molar-refractivity contribution < 1.29 is 23.0 Å². The molecular weight excluding hydrogens is 426 g/mol. The monoisotopic (exact) mass is 448 g/mol. The number of halogens is 2. The molecule has 1 fully saturated rings. The summed E-state index contributed by atoms with van der Waals surface area (Å²) in [6, 6.07) is 12.0. The molecule has 0 bridgehead atoms. The largest absolute Gasteiger partial charge is 0.492 e. The second-order valence-corrected chi connectivity index (χ2v) is 7.99. The van der Waals surface area contributed by atoms with Crippen LogP contribution >= 0.6 is 0 Å². The van der Waals surface area contributed by atoms with Gasteiger partial charge in [0, 0.05) is 60.4 Å². The third-order valence-corrected chi connectivity index (χ3v) is 5.86. The summed E-state index contributed by atoms with van der Waals surface area (Å²) in [5.41, 5.74) is 2.78. The van der Waals surface area contributed by atoms with Crippen molar-refractivity contribution >= 4 is 16.9 Å². The summed E-state index contributed by atoms with van der Waals surface area (Å²) in [5.74, 6) is -1.03. The summed E-state index contributed by atoms with van der Waals surface area (Å²) < 4.78 is 39.5. The first-order valence-electron chi connectivity index (χ1n) is 10.8. The summed E-state index contributed by atoms with van der Waals surface area (Å²) in [6.45, 7) is 4.42. The van der Waals surface area contributed by atoms with Gasteiger partial charge >= 0.3 is 0 Å². The molecule has 5 rings (SSSR count). The maximum atomic E-state index is 14.1. The third-order valence-electron chi connectivity index (χ3n) is 5.86. The van der Waals surface area contributed by atoms with Gasteiger partial charge in [-0.3, -0.25) is 14.7 Å². The van der Waals surface area contributed by atoms with E-state index < -0.39 is 11.6 Å². The van der Waals surface area contributed by atoms with Crippen LogP contribution in [0.1, 0.15) is 27.0 Å². The van der Waals surface area contributed by atoms with Crippen molar-refractivity contribution in [2.24, 2.45) is 0 Å². The first-order chi connectivity index (χ1) is 16.1. The number of pyridine rings is 1. The minimum absolute atomic E-state index is 0.211. The van der Waals surface area contributed by atoms with E-state index in [1.165, 1.54) is 12.1 Å². The van der Waals surface area contributed by atoms with Crippen LogP contribution in [0.4, 0.5) is 8.78 Å². The van der Waals surface area contributed by atoms with E-state index in [-0.39, 0.29) is 5.78 Å². The summed E-state index contributed by atoms with van der Waals surface area (Å²) in [6.07, 6.45) is 3.19. The van der Waals surface area contributed by atoms with E-state index in [4.69, 9.17) is 9.47 Å². The number of rotatable bonds is 6. The number of Topliss-reactive ketones (excluding diaryl/α,β-unsaturated/α-hetero) is 1. The Labute approximate surface area is 190 Å². The number of carbonyl (C=O) groups is 1. The molecule has 33 heavy (non-hydrogen) atoms. The van der Waals surface area contributed by atoms with Crippen LogP contribution in [-0.2, 0) is 4.74 Å². The van der Waals surface area contributed by atoms with Crippen LogP contribution in [0.5, 0.6) is 5.75 Å².